The predicted molar refractivity (Wildman–Crippen MR) is 72.2 cm³/mol. The number of methoxy groups -OCH3 is 3. The van der Waals surface area contributed by atoms with Crippen LogP contribution in [0.4, 0.5) is 0 Å². The van der Waals surface area contributed by atoms with Gasteiger partial charge in [-0.1, -0.05) is 0 Å². The molecule has 0 bridgehead atoms. The van der Waals surface area contributed by atoms with Crippen LogP contribution < -0.4 is 0 Å². The fourth-order valence-corrected chi connectivity index (χ4v) is 2.43. The minimum atomic E-state index is -0.634. The highest BCUT2D eigenvalue weighted by Gasteiger charge is 2.48. The third-order valence-corrected chi connectivity index (χ3v) is 3.21. The van der Waals surface area contributed by atoms with E-state index in [1.54, 1.807) is 21.3 Å². The van der Waals surface area contributed by atoms with E-state index in [2.05, 4.69) is 12.9 Å². The fraction of sp³-hybridized carbons (Fsp3) is 1.00. The maximum Gasteiger partial charge on any atom is 0.199 e. The highest BCUT2D eigenvalue weighted by molar-refractivity contribution is 7.75. The van der Waals surface area contributed by atoms with Gasteiger partial charge in [0.2, 0.25) is 0 Å². The molecule has 6 nitrogen and oxygen atoms in total. The van der Waals surface area contributed by atoms with Crippen LogP contribution in [0, 0.1) is 0 Å². The molecule has 0 aromatic carbocycles. The smallest absolute Gasteiger partial charge is 0.199 e. The molecule has 0 radical (unpaired) electrons. The molecule has 1 aliphatic rings. The molecule has 7 heteroatoms. The normalized spacial score (nSPS) is 35.8. The zero-order valence-corrected chi connectivity index (χ0v) is 13.0. The summed E-state index contributed by atoms with van der Waals surface area (Å²) in [4.78, 5) is 0. The standard InChI is InChI=1S/C12H24O6S/c1-7(2)16-9-8(6-13-3)17-12(18-19)11(15-5)10(9)14-4/h7-12,19H,6H2,1-5H3. The van der Waals surface area contributed by atoms with Gasteiger partial charge in [-0.05, 0) is 26.8 Å². The Balaban J connectivity index is 2.91. The largest absolute Gasteiger partial charge is 0.382 e. The van der Waals surface area contributed by atoms with Gasteiger partial charge in [-0.25, -0.2) is 0 Å². The quantitative estimate of drug-likeness (QED) is 0.560. The van der Waals surface area contributed by atoms with Crippen molar-refractivity contribution >= 4 is 12.9 Å². The Kier molecular flexibility index (Phi) is 7.60. The summed E-state index contributed by atoms with van der Waals surface area (Å²) in [7, 11) is 4.79. The van der Waals surface area contributed by atoms with E-state index >= 15 is 0 Å². The van der Waals surface area contributed by atoms with Crippen molar-refractivity contribution in [3.05, 3.63) is 0 Å². The molecule has 0 amide bonds. The minimum absolute atomic E-state index is 0.0385. The molecule has 19 heavy (non-hydrogen) atoms. The zero-order chi connectivity index (χ0) is 14.4. The van der Waals surface area contributed by atoms with Gasteiger partial charge >= 0.3 is 0 Å². The molecule has 0 N–H and O–H groups in total. The monoisotopic (exact) mass is 296 g/mol. The van der Waals surface area contributed by atoms with Gasteiger partial charge in [0.25, 0.3) is 0 Å². The number of hydrogen-bond acceptors (Lipinski definition) is 7. The van der Waals surface area contributed by atoms with Crippen LogP contribution in [0.15, 0.2) is 0 Å². The second-order valence-corrected chi connectivity index (χ2v) is 4.86. The lowest BCUT2D eigenvalue weighted by Gasteiger charge is -2.44. The van der Waals surface area contributed by atoms with E-state index in [9.17, 15) is 0 Å². The summed E-state index contributed by atoms with van der Waals surface area (Å²) >= 11 is 3.82. The van der Waals surface area contributed by atoms with E-state index in [4.69, 9.17) is 27.9 Å². The molecule has 0 aromatic rings. The number of rotatable bonds is 7. The van der Waals surface area contributed by atoms with Crippen LogP contribution >= 0.6 is 12.9 Å². The van der Waals surface area contributed by atoms with Crippen LogP contribution in [-0.2, 0) is 27.9 Å². The van der Waals surface area contributed by atoms with E-state index in [0.29, 0.717) is 6.61 Å². The van der Waals surface area contributed by atoms with E-state index in [1.165, 1.54) is 0 Å². The Labute approximate surface area is 120 Å². The Morgan fingerprint density at radius 2 is 1.68 bits per heavy atom. The van der Waals surface area contributed by atoms with E-state index in [-0.39, 0.29) is 24.4 Å². The molecule has 5 atom stereocenters. The van der Waals surface area contributed by atoms with Crippen molar-refractivity contribution in [1.29, 1.82) is 0 Å². The molecule has 0 saturated carbocycles. The lowest BCUT2D eigenvalue weighted by Crippen LogP contribution is -2.61. The third kappa shape index (κ3) is 4.29. The van der Waals surface area contributed by atoms with Gasteiger partial charge in [0.15, 0.2) is 6.29 Å². The molecule has 0 aromatic heterocycles. The second-order valence-electron chi connectivity index (χ2n) is 4.65. The second kappa shape index (κ2) is 8.41. The first-order chi connectivity index (χ1) is 9.08. The molecule has 1 saturated heterocycles. The molecular formula is C12H24O6S. The van der Waals surface area contributed by atoms with Crippen molar-refractivity contribution in [1.82, 2.24) is 0 Å². The Morgan fingerprint density at radius 3 is 2.11 bits per heavy atom. The summed E-state index contributed by atoms with van der Waals surface area (Å²) in [5.74, 6) is 0. The van der Waals surface area contributed by atoms with Gasteiger partial charge in [0, 0.05) is 21.3 Å². The average Bonchev–Trinajstić information content (AvgIpc) is 2.39. The Bertz CT molecular complexity index is 252. The molecule has 1 rings (SSSR count). The summed E-state index contributed by atoms with van der Waals surface area (Å²) in [5, 5.41) is 0. The van der Waals surface area contributed by atoms with Crippen molar-refractivity contribution in [2.45, 2.75) is 50.7 Å². The van der Waals surface area contributed by atoms with Crippen molar-refractivity contribution in [2.75, 3.05) is 27.9 Å². The highest BCUT2D eigenvalue weighted by atomic mass is 32.1. The fourth-order valence-electron chi connectivity index (χ4n) is 2.26. The van der Waals surface area contributed by atoms with E-state index in [0.717, 1.165) is 0 Å². The van der Waals surface area contributed by atoms with Crippen LogP contribution in [0.25, 0.3) is 0 Å². The molecular weight excluding hydrogens is 272 g/mol. The average molecular weight is 296 g/mol. The van der Waals surface area contributed by atoms with Crippen LogP contribution in [0.3, 0.4) is 0 Å². The van der Waals surface area contributed by atoms with Crippen LogP contribution in [0.5, 0.6) is 0 Å². The summed E-state index contributed by atoms with van der Waals surface area (Å²) in [6, 6.07) is 0. The SMILES string of the molecule is COCC1OC(OS)C(OC)C(OC)C1OC(C)C. The summed E-state index contributed by atoms with van der Waals surface area (Å²) in [6.07, 6.45) is -1.93. The van der Waals surface area contributed by atoms with Crippen LogP contribution in [-0.4, -0.2) is 64.7 Å². The van der Waals surface area contributed by atoms with Gasteiger partial charge in [0.05, 0.1) is 12.7 Å². The molecule has 1 aliphatic heterocycles. The van der Waals surface area contributed by atoms with E-state index in [1.807, 2.05) is 13.8 Å². The van der Waals surface area contributed by atoms with E-state index < -0.39 is 12.4 Å². The Hall–Kier alpha value is 0.110. The first-order valence-corrected chi connectivity index (χ1v) is 6.61. The summed E-state index contributed by atoms with van der Waals surface area (Å²) < 4.78 is 32.8. The van der Waals surface area contributed by atoms with Crippen molar-refractivity contribution in [2.24, 2.45) is 0 Å². The van der Waals surface area contributed by atoms with Gasteiger partial charge in [-0.15, -0.1) is 0 Å². The predicted octanol–water partition coefficient (Wildman–Crippen LogP) is 1.04. The summed E-state index contributed by atoms with van der Waals surface area (Å²) in [6.45, 7) is 4.29. The van der Waals surface area contributed by atoms with Crippen LogP contribution in [0.2, 0.25) is 0 Å². The number of hydrogen-bond donors (Lipinski definition) is 1. The number of thiol groups is 1. The van der Waals surface area contributed by atoms with Crippen molar-refractivity contribution in [3.63, 3.8) is 0 Å². The maximum atomic E-state index is 5.89. The topological polar surface area (TPSA) is 55.4 Å². The van der Waals surface area contributed by atoms with Crippen molar-refractivity contribution < 1.29 is 27.9 Å². The minimum Gasteiger partial charge on any atom is -0.382 e. The van der Waals surface area contributed by atoms with Crippen LogP contribution in [0.1, 0.15) is 13.8 Å². The summed E-state index contributed by atoms with van der Waals surface area (Å²) in [5.41, 5.74) is 0. The van der Waals surface area contributed by atoms with Gasteiger partial charge in [0.1, 0.15) is 24.4 Å². The van der Waals surface area contributed by atoms with Crippen molar-refractivity contribution in [3.8, 4) is 0 Å². The lowest BCUT2D eigenvalue weighted by molar-refractivity contribution is -0.297. The number of ether oxygens (including phenoxy) is 5. The molecule has 0 spiro atoms. The molecule has 114 valence electrons. The third-order valence-electron chi connectivity index (χ3n) is 3.00. The van der Waals surface area contributed by atoms with Gasteiger partial charge in [-0.3, -0.25) is 4.18 Å². The lowest BCUT2D eigenvalue weighted by atomic mass is 9.98. The highest BCUT2D eigenvalue weighted by Crippen LogP contribution is 2.29. The molecule has 5 unspecified atom stereocenters. The Morgan fingerprint density at radius 1 is 1.05 bits per heavy atom. The molecule has 1 fully saturated rings. The molecule has 1 heterocycles. The van der Waals surface area contributed by atoms with Gasteiger partial charge in [-0.2, -0.15) is 0 Å². The first-order valence-electron chi connectivity index (χ1n) is 6.24. The maximum absolute atomic E-state index is 5.89. The molecule has 0 aliphatic carbocycles. The zero-order valence-electron chi connectivity index (χ0n) is 12.1. The van der Waals surface area contributed by atoms with Gasteiger partial charge < -0.3 is 23.7 Å². The first kappa shape index (κ1) is 17.2.